The molecule has 1 heterocycles. The van der Waals surface area contributed by atoms with Gasteiger partial charge in [-0.15, -0.1) is 11.3 Å². The topological polar surface area (TPSA) is 21.3 Å². The molecule has 0 saturated carbocycles. The highest BCUT2D eigenvalue weighted by atomic mass is 79.9. The van der Waals surface area contributed by atoms with E-state index in [-0.39, 0.29) is 6.04 Å². The van der Waals surface area contributed by atoms with Crippen LogP contribution >= 0.6 is 27.3 Å². The lowest BCUT2D eigenvalue weighted by molar-refractivity contribution is 0.333. The first-order valence-electron chi connectivity index (χ1n) is 6.45. The van der Waals surface area contributed by atoms with E-state index in [0.29, 0.717) is 6.61 Å². The van der Waals surface area contributed by atoms with Crippen molar-refractivity contribution in [1.82, 2.24) is 5.32 Å². The van der Waals surface area contributed by atoms with Gasteiger partial charge in [0.1, 0.15) is 5.75 Å². The van der Waals surface area contributed by atoms with Gasteiger partial charge in [0.05, 0.1) is 16.4 Å². The molecule has 0 saturated heterocycles. The molecule has 0 aliphatic carbocycles. The highest BCUT2D eigenvalue weighted by Crippen LogP contribution is 2.33. The van der Waals surface area contributed by atoms with Gasteiger partial charge in [0.2, 0.25) is 0 Å². The molecule has 0 amide bonds. The zero-order valence-corrected chi connectivity index (χ0v) is 13.6. The Kier molecular flexibility index (Phi) is 5.43. The standard InChI is InChI=1S/C15H18BrNOS/c1-3-17-15(11-9-14(16)19-10-11)12-7-5-6-8-13(12)18-4-2/h5-10,15,17H,3-4H2,1-2H3. The number of rotatable bonds is 6. The first-order valence-corrected chi connectivity index (χ1v) is 8.12. The van der Waals surface area contributed by atoms with Crippen molar-refractivity contribution in [2.24, 2.45) is 0 Å². The van der Waals surface area contributed by atoms with Crippen molar-refractivity contribution in [2.75, 3.05) is 13.2 Å². The molecule has 0 spiro atoms. The van der Waals surface area contributed by atoms with Crippen LogP contribution in [0.5, 0.6) is 5.75 Å². The molecule has 0 bridgehead atoms. The molecule has 1 aromatic heterocycles. The Labute approximate surface area is 126 Å². The maximum absolute atomic E-state index is 5.74. The third kappa shape index (κ3) is 3.59. The van der Waals surface area contributed by atoms with Gasteiger partial charge in [-0.2, -0.15) is 0 Å². The average molecular weight is 340 g/mol. The second-order valence-corrected chi connectivity index (χ2v) is 6.44. The summed E-state index contributed by atoms with van der Waals surface area (Å²) in [5.74, 6) is 0.957. The van der Waals surface area contributed by atoms with E-state index in [1.165, 1.54) is 11.1 Å². The second-order valence-electron chi connectivity index (χ2n) is 4.15. The van der Waals surface area contributed by atoms with Crippen LogP contribution in [-0.4, -0.2) is 13.2 Å². The molecule has 4 heteroatoms. The van der Waals surface area contributed by atoms with E-state index in [4.69, 9.17) is 4.74 Å². The van der Waals surface area contributed by atoms with Crippen LogP contribution in [0.2, 0.25) is 0 Å². The molecule has 1 unspecified atom stereocenters. The predicted octanol–water partition coefficient (Wildman–Crippen LogP) is 4.61. The number of ether oxygens (including phenoxy) is 1. The summed E-state index contributed by atoms with van der Waals surface area (Å²) in [6.45, 7) is 5.74. The molecule has 1 N–H and O–H groups in total. The number of hydrogen-bond donors (Lipinski definition) is 1. The predicted molar refractivity (Wildman–Crippen MR) is 85.1 cm³/mol. The molecule has 19 heavy (non-hydrogen) atoms. The van der Waals surface area contributed by atoms with Crippen molar-refractivity contribution in [3.63, 3.8) is 0 Å². The molecule has 2 nitrogen and oxygen atoms in total. The van der Waals surface area contributed by atoms with Crippen molar-refractivity contribution in [2.45, 2.75) is 19.9 Å². The normalized spacial score (nSPS) is 12.4. The number of hydrogen-bond acceptors (Lipinski definition) is 3. The number of nitrogens with one attached hydrogen (secondary N) is 1. The van der Waals surface area contributed by atoms with E-state index in [2.05, 4.69) is 51.7 Å². The summed E-state index contributed by atoms with van der Waals surface area (Å²) in [5, 5.41) is 5.71. The molecule has 2 rings (SSSR count). The molecule has 1 atom stereocenters. The molecule has 1 aromatic carbocycles. The fraction of sp³-hybridized carbons (Fsp3) is 0.333. The molecule has 0 aliphatic heterocycles. The number of thiophene rings is 1. The van der Waals surface area contributed by atoms with Crippen LogP contribution in [0.15, 0.2) is 39.5 Å². The van der Waals surface area contributed by atoms with Gasteiger partial charge in [0.15, 0.2) is 0 Å². The lowest BCUT2D eigenvalue weighted by Gasteiger charge is -2.20. The molecule has 0 radical (unpaired) electrons. The summed E-state index contributed by atoms with van der Waals surface area (Å²) in [6.07, 6.45) is 0. The van der Waals surface area contributed by atoms with Crippen molar-refractivity contribution < 1.29 is 4.74 Å². The van der Waals surface area contributed by atoms with Crippen LogP contribution in [0.4, 0.5) is 0 Å². The van der Waals surface area contributed by atoms with E-state index < -0.39 is 0 Å². The Hall–Kier alpha value is -0.840. The van der Waals surface area contributed by atoms with Gasteiger partial charge in [-0.25, -0.2) is 0 Å². The highest BCUT2D eigenvalue weighted by Gasteiger charge is 2.18. The van der Waals surface area contributed by atoms with Crippen LogP contribution in [-0.2, 0) is 0 Å². The minimum absolute atomic E-state index is 0.176. The fourth-order valence-electron chi connectivity index (χ4n) is 2.09. The van der Waals surface area contributed by atoms with E-state index >= 15 is 0 Å². The molecular formula is C15H18BrNOS. The zero-order chi connectivity index (χ0) is 13.7. The van der Waals surface area contributed by atoms with Crippen LogP contribution in [0.25, 0.3) is 0 Å². The van der Waals surface area contributed by atoms with Gasteiger partial charge in [0, 0.05) is 5.56 Å². The third-order valence-electron chi connectivity index (χ3n) is 2.86. The molecule has 2 aromatic rings. The number of para-hydroxylation sites is 1. The smallest absolute Gasteiger partial charge is 0.124 e. The first kappa shape index (κ1) is 14.6. The van der Waals surface area contributed by atoms with Crippen molar-refractivity contribution in [3.8, 4) is 5.75 Å². The number of benzene rings is 1. The maximum atomic E-state index is 5.74. The Morgan fingerprint density at radius 3 is 2.74 bits per heavy atom. The molecule has 0 aliphatic rings. The monoisotopic (exact) mass is 339 g/mol. The third-order valence-corrected chi connectivity index (χ3v) is 4.38. The fourth-order valence-corrected chi connectivity index (χ4v) is 3.29. The summed E-state index contributed by atoms with van der Waals surface area (Å²) in [7, 11) is 0. The van der Waals surface area contributed by atoms with Gasteiger partial charge in [0.25, 0.3) is 0 Å². The zero-order valence-electron chi connectivity index (χ0n) is 11.2. The van der Waals surface area contributed by atoms with Crippen LogP contribution in [0, 0.1) is 0 Å². The highest BCUT2D eigenvalue weighted by molar-refractivity contribution is 9.11. The molecular weight excluding hydrogens is 322 g/mol. The Morgan fingerprint density at radius 1 is 1.32 bits per heavy atom. The van der Waals surface area contributed by atoms with Crippen LogP contribution < -0.4 is 10.1 Å². The van der Waals surface area contributed by atoms with E-state index in [1.54, 1.807) is 11.3 Å². The summed E-state index contributed by atoms with van der Waals surface area (Å²) in [4.78, 5) is 0. The quantitative estimate of drug-likeness (QED) is 0.829. The van der Waals surface area contributed by atoms with E-state index in [0.717, 1.165) is 16.1 Å². The van der Waals surface area contributed by atoms with Crippen molar-refractivity contribution >= 4 is 27.3 Å². The average Bonchev–Trinajstić information content (AvgIpc) is 2.84. The summed E-state index contributed by atoms with van der Waals surface area (Å²) in [6, 6.07) is 10.6. The summed E-state index contributed by atoms with van der Waals surface area (Å²) < 4.78 is 6.90. The molecule has 0 fully saturated rings. The number of halogens is 1. The van der Waals surface area contributed by atoms with Gasteiger partial charge in [-0.05, 0) is 52.5 Å². The summed E-state index contributed by atoms with van der Waals surface area (Å²) >= 11 is 5.24. The summed E-state index contributed by atoms with van der Waals surface area (Å²) in [5.41, 5.74) is 2.46. The Balaban J connectivity index is 2.38. The van der Waals surface area contributed by atoms with E-state index in [9.17, 15) is 0 Å². The van der Waals surface area contributed by atoms with Crippen LogP contribution in [0.3, 0.4) is 0 Å². The van der Waals surface area contributed by atoms with Crippen molar-refractivity contribution in [3.05, 3.63) is 50.6 Å². The van der Waals surface area contributed by atoms with Crippen LogP contribution in [0.1, 0.15) is 31.0 Å². The minimum Gasteiger partial charge on any atom is -0.494 e. The molecule has 102 valence electrons. The largest absolute Gasteiger partial charge is 0.494 e. The SMILES string of the molecule is CCNC(c1csc(Br)c1)c1ccccc1OCC. The van der Waals surface area contributed by atoms with Gasteiger partial charge < -0.3 is 10.1 Å². The Morgan fingerprint density at radius 2 is 2.11 bits per heavy atom. The lowest BCUT2D eigenvalue weighted by Crippen LogP contribution is -2.22. The van der Waals surface area contributed by atoms with E-state index in [1.807, 2.05) is 19.1 Å². The Bertz CT molecular complexity index is 526. The van der Waals surface area contributed by atoms with Gasteiger partial charge in [-0.1, -0.05) is 25.1 Å². The minimum atomic E-state index is 0.176. The second kappa shape index (κ2) is 7.08. The van der Waals surface area contributed by atoms with Gasteiger partial charge in [-0.3, -0.25) is 0 Å². The maximum Gasteiger partial charge on any atom is 0.124 e. The van der Waals surface area contributed by atoms with Gasteiger partial charge >= 0.3 is 0 Å². The first-order chi connectivity index (χ1) is 9.26. The van der Waals surface area contributed by atoms with Crippen molar-refractivity contribution in [1.29, 1.82) is 0 Å². The lowest BCUT2D eigenvalue weighted by atomic mass is 10.0.